The first-order valence-corrected chi connectivity index (χ1v) is 9.21. The number of rotatable bonds is 5. The Morgan fingerprint density at radius 2 is 2.04 bits per heavy atom. The molecule has 1 amide bonds. The number of nitriles is 1. The topological polar surface area (TPSA) is 90.3 Å². The van der Waals surface area contributed by atoms with E-state index in [-0.39, 0.29) is 29.8 Å². The molecule has 0 bridgehead atoms. The minimum atomic E-state index is -3.64. The van der Waals surface area contributed by atoms with E-state index in [2.05, 4.69) is 4.72 Å². The Bertz CT molecular complexity index is 692. The zero-order valence-corrected chi connectivity index (χ0v) is 14.0. The summed E-state index contributed by atoms with van der Waals surface area (Å²) in [6.07, 6.45) is 3.26. The van der Waals surface area contributed by atoms with Gasteiger partial charge in [0.25, 0.3) is 5.91 Å². The monoisotopic (exact) mass is 335 g/mol. The molecule has 1 fully saturated rings. The molecule has 0 radical (unpaired) electrons. The van der Waals surface area contributed by atoms with E-state index in [4.69, 9.17) is 5.26 Å². The van der Waals surface area contributed by atoms with Crippen LogP contribution >= 0.6 is 0 Å². The summed E-state index contributed by atoms with van der Waals surface area (Å²) in [5, 5.41) is 8.45. The van der Waals surface area contributed by atoms with E-state index in [9.17, 15) is 13.2 Å². The lowest BCUT2D eigenvalue weighted by Gasteiger charge is -2.33. The van der Waals surface area contributed by atoms with Gasteiger partial charge < -0.3 is 4.90 Å². The summed E-state index contributed by atoms with van der Waals surface area (Å²) in [4.78, 5) is 14.4. The Morgan fingerprint density at radius 3 is 2.65 bits per heavy atom. The number of carbonyl (C=O) groups excluding carboxylic acids is 1. The molecule has 0 saturated carbocycles. The Labute approximate surface area is 137 Å². The number of sulfonamides is 1. The Kier molecular flexibility index (Phi) is 5.74. The quantitative estimate of drug-likeness (QED) is 0.832. The van der Waals surface area contributed by atoms with Crippen LogP contribution in [0.3, 0.4) is 0 Å². The summed E-state index contributed by atoms with van der Waals surface area (Å²) < 4.78 is 26.4. The van der Waals surface area contributed by atoms with Crippen molar-refractivity contribution in [2.24, 2.45) is 0 Å². The van der Waals surface area contributed by atoms with E-state index in [1.54, 1.807) is 12.1 Å². The fraction of sp³-hybridized carbons (Fsp3) is 0.500. The number of amides is 1. The first-order valence-electron chi connectivity index (χ1n) is 7.73. The van der Waals surface area contributed by atoms with Gasteiger partial charge in [-0.05, 0) is 50.5 Å². The maximum absolute atomic E-state index is 12.5. The van der Waals surface area contributed by atoms with Gasteiger partial charge in [-0.3, -0.25) is 4.79 Å². The van der Waals surface area contributed by atoms with E-state index in [0.717, 1.165) is 25.8 Å². The number of hydrogen-bond acceptors (Lipinski definition) is 4. The van der Waals surface area contributed by atoms with E-state index in [1.807, 2.05) is 17.9 Å². The van der Waals surface area contributed by atoms with Crippen molar-refractivity contribution in [1.29, 1.82) is 5.26 Å². The molecule has 23 heavy (non-hydrogen) atoms. The summed E-state index contributed by atoms with van der Waals surface area (Å²) in [5.41, 5.74) is 0.495. The standard InChI is InChI=1S/C16H21N3O3S/c1-13-5-2-3-12-19(13)16(20)14-6-8-15(9-7-14)23(21,22)18-11-4-10-17/h6-9,13,18H,2-5,11-12H2,1H3. The maximum atomic E-state index is 12.5. The van der Waals surface area contributed by atoms with Crippen molar-refractivity contribution in [2.75, 3.05) is 13.1 Å². The first kappa shape index (κ1) is 17.4. The van der Waals surface area contributed by atoms with Crippen LogP contribution in [0.5, 0.6) is 0 Å². The van der Waals surface area contributed by atoms with Gasteiger partial charge >= 0.3 is 0 Å². The van der Waals surface area contributed by atoms with Gasteiger partial charge in [0.05, 0.1) is 11.0 Å². The van der Waals surface area contributed by atoms with E-state index in [0.29, 0.717) is 5.56 Å². The van der Waals surface area contributed by atoms with Gasteiger partial charge in [-0.15, -0.1) is 0 Å². The van der Waals surface area contributed by atoms with Crippen molar-refractivity contribution in [2.45, 2.75) is 43.5 Å². The number of nitrogens with zero attached hydrogens (tertiary/aromatic N) is 2. The van der Waals surface area contributed by atoms with Gasteiger partial charge in [0.15, 0.2) is 0 Å². The molecular formula is C16H21N3O3S. The minimum Gasteiger partial charge on any atom is -0.336 e. The summed E-state index contributed by atoms with van der Waals surface area (Å²) in [6.45, 7) is 2.86. The molecular weight excluding hydrogens is 314 g/mol. The molecule has 1 heterocycles. The number of benzene rings is 1. The third-order valence-corrected chi connectivity index (χ3v) is 5.48. The average molecular weight is 335 g/mol. The van der Waals surface area contributed by atoms with Crippen molar-refractivity contribution in [1.82, 2.24) is 9.62 Å². The Hall–Kier alpha value is -1.91. The molecule has 0 spiro atoms. The van der Waals surface area contributed by atoms with Gasteiger partial charge in [-0.2, -0.15) is 5.26 Å². The molecule has 1 aliphatic rings. The van der Waals surface area contributed by atoms with Crippen LogP contribution in [0, 0.1) is 11.3 Å². The molecule has 1 aromatic carbocycles. The van der Waals surface area contributed by atoms with Gasteiger partial charge in [0.2, 0.25) is 10.0 Å². The van der Waals surface area contributed by atoms with Crippen LogP contribution in [0.4, 0.5) is 0 Å². The Balaban J connectivity index is 2.10. The first-order chi connectivity index (χ1) is 11.0. The van der Waals surface area contributed by atoms with Gasteiger partial charge in [0.1, 0.15) is 0 Å². The highest BCUT2D eigenvalue weighted by Crippen LogP contribution is 2.20. The summed E-state index contributed by atoms with van der Waals surface area (Å²) in [7, 11) is -3.64. The maximum Gasteiger partial charge on any atom is 0.254 e. The normalized spacial score (nSPS) is 18.4. The van der Waals surface area contributed by atoms with Crippen molar-refractivity contribution >= 4 is 15.9 Å². The molecule has 6 nitrogen and oxygen atoms in total. The molecule has 1 unspecified atom stereocenters. The van der Waals surface area contributed by atoms with Crippen LogP contribution in [0.25, 0.3) is 0 Å². The molecule has 1 N–H and O–H groups in total. The second kappa shape index (κ2) is 7.57. The fourth-order valence-electron chi connectivity index (χ4n) is 2.67. The highest BCUT2D eigenvalue weighted by molar-refractivity contribution is 7.89. The lowest BCUT2D eigenvalue weighted by Crippen LogP contribution is -2.42. The van der Waals surface area contributed by atoms with Crippen LogP contribution < -0.4 is 4.72 Å². The average Bonchev–Trinajstić information content (AvgIpc) is 2.55. The van der Waals surface area contributed by atoms with Crippen LogP contribution in [0.1, 0.15) is 43.0 Å². The van der Waals surface area contributed by atoms with Crippen LogP contribution in [0.2, 0.25) is 0 Å². The van der Waals surface area contributed by atoms with Crippen molar-refractivity contribution in [3.8, 4) is 6.07 Å². The van der Waals surface area contributed by atoms with Crippen LogP contribution in [-0.2, 0) is 10.0 Å². The molecule has 1 aliphatic heterocycles. The predicted molar refractivity (Wildman–Crippen MR) is 86.2 cm³/mol. The second-order valence-corrected chi connectivity index (χ2v) is 7.44. The molecule has 124 valence electrons. The largest absolute Gasteiger partial charge is 0.336 e. The summed E-state index contributed by atoms with van der Waals surface area (Å²) in [5.74, 6) is -0.0569. The molecule has 1 atom stereocenters. The fourth-order valence-corrected chi connectivity index (χ4v) is 3.70. The number of hydrogen-bond donors (Lipinski definition) is 1. The van der Waals surface area contributed by atoms with Gasteiger partial charge in [-0.25, -0.2) is 13.1 Å². The third-order valence-electron chi connectivity index (χ3n) is 4.00. The lowest BCUT2D eigenvalue weighted by molar-refractivity contribution is 0.0635. The van der Waals surface area contributed by atoms with Gasteiger partial charge in [0, 0.05) is 31.1 Å². The van der Waals surface area contributed by atoms with Crippen molar-refractivity contribution in [3.63, 3.8) is 0 Å². The molecule has 0 aromatic heterocycles. The molecule has 7 heteroatoms. The highest BCUT2D eigenvalue weighted by Gasteiger charge is 2.24. The molecule has 0 aliphatic carbocycles. The van der Waals surface area contributed by atoms with E-state index >= 15 is 0 Å². The number of piperidine rings is 1. The minimum absolute atomic E-state index is 0.0569. The Morgan fingerprint density at radius 1 is 1.35 bits per heavy atom. The van der Waals surface area contributed by atoms with E-state index in [1.165, 1.54) is 12.1 Å². The molecule has 1 saturated heterocycles. The van der Waals surface area contributed by atoms with Crippen molar-refractivity contribution < 1.29 is 13.2 Å². The zero-order valence-electron chi connectivity index (χ0n) is 13.2. The van der Waals surface area contributed by atoms with Crippen molar-refractivity contribution in [3.05, 3.63) is 29.8 Å². The smallest absolute Gasteiger partial charge is 0.254 e. The van der Waals surface area contributed by atoms with Crippen LogP contribution in [0.15, 0.2) is 29.2 Å². The zero-order chi connectivity index (χ0) is 16.9. The summed E-state index contributed by atoms with van der Waals surface area (Å²) in [6, 6.07) is 8.04. The highest BCUT2D eigenvalue weighted by atomic mass is 32.2. The molecule has 2 rings (SSSR count). The van der Waals surface area contributed by atoms with Gasteiger partial charge in [-0.1, -0.05) is 0 Å². The lowest BCUT2D eigenvalue weighted by atomic mass is 10.0. The second-order valence-electron chi connectivity index (χ2n) is 5.67. The van der Waals surface area contributed by atoms with Crippen LogP contribution in [-0.4, -0.2) is 38.4 Å². The predicted octanol–water partition coefficient (Wildman–Crippen LogP) is 1.89. The number of nitrogens with one attached hydrogen (secondary N) is 1. The number of carbonyl (C=O) groups is 1. The SMILES string of the molecule is CC1CCCCN1C(=O)c1ccc(S(=O)(=O)NCCC#N)cc1. The number of likely N-dealkylation sites (tertiary alicyclic amines) is 1. The van der Waals surface area contributed by atoms with E-state index < -0.39 is 10.0 Å². The molecule has 1 aromatic rings. The summed E-state index contributed by atoms with van der Waals surface area (Å²) >= 11 is 0. The third kappa shape index (κ3) is 4.30.